The maximum Gasteiger partial charge on any atom is 0.256 e. The van der Waals surface area contributed by atoms with E-state index in [0.717, 1.165) is 37.0 Å². The lowest BCUT2D eigenvalue weighted by atomic mass is 9.92. The van der Waals surface area contributed by atoms with Crippen LogP contribution in [0, 0.1) is 11.7 Å². The summed E-state index contributed by atoms with van der Waals surface area (Å²) in [5, 5.41) is 0. The number of carbonyl (C=O) groups excluding carboxylic acids is 2. The van der Waals surface area contributed by atoms with Gasteiger partial charge in [0.05, 0.1) is 17.0 Å². The van der Waals surface area contributed by atoms with Crippen LogP contribution in [0.4, 0.5) is 4.39 Å². The topological polar surface area (TPSA) is 82.2 Å². The van der Waals surface area contributed by atoms with E-state index in [1.54, 1.807) is 23.2 Å². The van der Waals surface area contributed by atoms with Gasteiger partial charge >= 0.3 is 0 Å². The van der Waals surface area contributed by atoms with E-state index in [9.17, 15) is 14.0 Å². The number of H-pyrrole nitrogens is 1. The van der Waals surface area contributed by atoms with Gasteiger partial charge in [-0.15, -0.1) is 0 Å². The molecule has 2 fully saturated rings. The van der Waals surface area contributed by atoms with Crippen molar-refractivity contribution < 1.29 is 14.0 Å². The van der Waals surface area contributed by atoms with E-state index in [4.69, 9.17) is 0 Å². The monoisotopic (exact) mass is 435 g/mol. The molecule has 1 aromatic carbocycles. The molecule has 7 nitrogen and oxygen atoms in total. The molecule has 0 bridgehead atoms. The van der Waals surface area contributed by atoms with E-state index in [1.807, 2.05) is 17.0 Å². The Kier molecular flexibility index (Phi) is 5.59. The minimum Gasteiger partial charge on any atom is -0.342 e. The van der Waals surface area contributed by atoms with Crippen molar-refractivity contribution in [2.75, 3.05) is 26.2 Å². The van der Waals surface area contributed by atoms with Crippen molar-refractivity contribution in [1.29, 1.82) is 0 Å². The summed E-state index contributed by atoms with van der Waals surface area (Å²) in [7, 11) is 0. The van der Waals surface area contributed by atoms with Crippen LogP contribution in [-0.4, -0.2) is 62.7 Å². The molecule has 0 radical (unpaired) electrons. The Balaban J connectivity index is 1.27. The van der Waals surface area contributed by atoms with Gasteiger partial charge in [-0.3, -0.25) is 9.59 Å². The highest BCUT2D eigenvalue weighted by Gasteiger charge is 2.35. The van der Waals surface area contributed by atoms with Gasteiger partial charge in [0, 0.05) is 38.3 Å². The molecule has 2 atom stereocenters. The van der Waals surface area contributed by atoms with Crippen molar-refractivity contribution >= 4 is 23.0 Å². The van der Waals surface area contributed by atoms with Crippen LogP contribution in [0.15, 0.2) is 42.6 Å². The van der Waals surface area contributed by atoms with Gasteiger partial charge in [0.2, 0.25) is 5.91 Å². The molecule has 0 aliphatic carbocycles. The van der Waals surface area contributed by atoms with Crippen LogP contribution >= 0.6 is 0 Å². The van der Waals surface area contributed by atoms with Gasteiger partial charge in [-0.2, -0.15) is 0 Å². The molecule has 0 spiro atoms. The van der Waals surface area contributed by atoms with Crippen LogP contribution in [-0.2, 0) is 4.79 Å². The Morgan fingerprint density at radius 1 is 1.00 bits per heavy atom. The number of fused-ring (bicyclic) bond motifs is 1. The minimum atomic E-state index is -0.523. The number of carbonyl (C=O) groups is 2. The molecule has 5 rings (SSSR count). The Labute approximate surface area is 185 Å². The third-order valence-corrected chi connectivity index (χ3v) is 6.56. The maximum atomic E-state index is 14.1. The highest BCUT2D eigenvalue weighted by Crippen LogP contribution is 2.29. The molecule has 166 valence electrons. The SMILES string of the molecule is O=C(c1ccccc1F)N1CCCC(C(=O)N2CCCC(c3nc4ncccc4[nH]3)C2)C1. The van der Waals surface area contributed by atoms with Crippen LogP contribution < -0.4 is 0 Å². The van der Waals surface area contributed by atoms with Gasteiger partial charge in [-0.1, -0.05) is 12.1 Å². The molecule has 2 aliphatic heterocycles. The second-order valence-electron chi connectivity index (χ2n) is 8.69. The number of benzene rings is 1. The fourth-order valence-electron chi connectivity index (χ4n) is 4.88. The molecule has 2 aromatic heterocycles. The fraction of sp³-hybridized carbons (Fsp3) is 0.417. The first-order valence-corrected chi connectivity index (χ1v) is 11.2. The van der Waals surface area contributed by atoms with Gasteiger partial charge in [-0.25, -0.2) is 14.4 Å². The quantitative estimate of drug-likeness (QED) is 0.684. The Morgan fingerprint density at radius 2 is 1.81 bits per heavy atom. The number of hydrogen-bond acceptors (Lipinski definition) is 4. The summed E-state index contributed by atoms with van der Waals surface area (Å²) in [5.41, 5.74) is 1.66. The number of rotatable bonds is 3. The highest BCUT2D eigenvalue weighted by molar-refractivity contribution is 5.95. The third kappa shape index (κ3) is 3.97. The lowest BCUT2D eigenvalue weighted by Crippen LogP contribution is -2.49. The number of amides is 2. The lowest BCUT2D eigenvalue weighted by Gasteiger charge is -2.38. The highest BCUT2D eigenvalue weighted by atomic mass is 19.1. The predicted octanol–water partition coefficient (Wildman–Crippen LogP) is 3.36. The lowest BCUT2D eigenvalue weighted by molar-refractivity contribution is -0.138. The number of aromatic amines is 1. The average molecular weight is 436 g/mol. The Hall–Kier alpha value is -3.29. The van der Waals surface area contributed by atoms with E-state index in [-0.39, 0.29) is 29.2 Å². The molecule has 2 amide bonds. The number of aromatic nitrogens is 3. The molecule has 4 heterocycles. The smallest absolute Gasteiger partial charge is 0.256 e. The number of hydrogen-bond donors (Lipinski definition) is 1. The Morgan fingerprint density at radius 3 is 2.66 bits per heavy atom. The maximum absolute atomic E-state index is 14.1. The summed E-state index contributed by atoms with van der Waals surface area (Å²) >= 11 is 0. The van der Waals surface area contributed by atoms with Crippen LogP contribution in [0.2, 0.25) is 0 Å². The normalized spacial score (nSPS) is 21.7. The number of nitrogens with zero attached hydrogens (tertiary/aromatic N) is 4. The zero-order valence-electron chi connectivity index (χ0n) is 17.8. The van der Waals surface area contributed by atoms with Crippen molar-refractivity contribution in [1.82, 2.24) is 24.8 Å². The third-order valence-electron chi connectivity index (χ3n) is 6.56. The molecule has 0 saturated carbocycles. The molecule has 2 aliphatic rings. The summed E-state index contributed by atoms with van der Waals surface area (Å²) < 4.78 is 14.1. The molecular formula is C24H26FN5O2. The van der Waals surface area contributed by atoms with E-state index in [1.165, 1.54) is 12.1 Å². The molecule has 1 N–H and O–H groups in total. The van der Waals surface area contributed by atoms with Crippen molar-refractivity contribution in [3.8, 4) is 0 Å². The van der Waals surface area contributed by atoms with Crippen LogP contribution in [0.1, 0.15) is 47.8 Å². The van der Waals surface area contributed by atoms with Gasteiger partial charge in [-0.05, 0) is 49.9 Å². The zero-order valence-corrected chi connectivity index (χ0v) is 17.8. The standard InChI is InChI=1S/C24H26FN5O2/c25-19-9-2-1-8-18(19)24(32)30-13-5-7-17(15-30)23(31)29-12-4-6-16(14-29)21-27-20-10-3-11-26-22(20)28-21/h1-3,8-11,16-17H,4-7,12-15H2,(H,26,27,28). The largest absolute Gasteiger partial charge is 0.342 e. The van der Waals surface area contributed by atoms with Crippen LogP contribution in [0.5, 0.6) is 0 Å². The number of likely N-dealkylation sites (tertiary alicyclic amines) is 2. The second kappa shape index (κ2) is 8.68. The molecule has 3 aromatic rings. The predicted molar refractivity (Wildman–Crippen MR) is 117 cm³/mol. The number of imidazole rings is 1. The summed E-state index contributed by atoms with van der Waals surface area (Å²) in [6.07, 6.45) is 5.08. The second-order valence-corrected chi connectivity index (χ2v) is 8.69. The van der Waals surface area contributed by atoms with E-state index in [2.05, 4.69) is 15.0 Å². The number of pyridine rings is 1. The van der Waals surface area contributed by atoms with Gasteiger partial charge in [0.15, 0.2) is 5.65 Å². The van der Waals surface area contributed by atoms with Crippen molar-refractivity contribution in [2.45, 2.75) is 31.6 Å². The minimum absolute atomic E-state index is 0.0668. The summed E-state index contributed by atoms with van der Waals surface area (Å²) in [5.74, 6) is -0.0274. The Bertz CT molecular complexity index is 1110. The van der Waals surface area contributed by atoms with Crippen molar-refractivity contribution in [2.24, 2.45) is 5.92 Å². The molecule has 2 unspecified atom stereocenters. The molecule has 8 heteroatoms. The zero-order chi connectivity index (χ0) is 22.1. The van der Waals surface area contributed by atoms with Crippen molar-refractivity contribution in [3.05, 3.63) is 59.8 Å². The molecule has 32 heavy (non-hydrogen) atoms. The number of piperidine rings is 2. The van der Waals surface area contributed by atoms with E-state index in [0.29, 0.717) is 31.8 Å². The van der Waals surface area contributed by atoms with E-state index < -0.39 is 5.82 Å². The summed E-state index contributed by atoms with van der Waals surface area (Å²) in [6.45, 7) is 2.20. The van der Waals surface area contributed by atoms with Crippen LogP contribution in [0.25, 0.3) is 11.2 Å². The van der Waals surface area contributed by atoms with Gasteiger partial charge in [0.1, 0.15) is 11.6 Å². The van der Waals surface area contributed by atoms with Crippen molar-refractivity contribution in [3.63, 3.8) is 0 Å². The summed E-state index contributed by atoms with van der Waals surface area (Å²) in [4.78, 5) is 42.0. The first-order valence-electron chi connectivity index (χ1n) is 11.2. The number of halogens is 1. The van der Waals surface area contributed by atoms with Crippen LogP contribution in [0.3, 0.4) is 0 Å². The number of nitrogens with one attached hydrogen (secondary N) is 1. The van der Waals surface area contributed by atoms with Gasteiger partial charge < -0.3 is 14.8 Å². The first-order chi connectivity index (χ1) is 15.6. The molecule has 2 saturated heterocycles. The average Bonchev–Trinajstić information content (AvgIpc) is 3.28. The fourth-order valence-corrected chi connectivity index (χ4v) is 4.88. The van der Waals surface area contributed by atoms with E-state index >= 15 is 0 Å². The first kappa shape index (κ1) is 20.6. The molecular weight excluding hydrogens is 409 g/mol. The summed E-state index contributed by atoms with van der Waals surface area (Å²) in [6, 6.07) is 9.85. The van der Waals surface area contributed by atoms with Gasteiger partial charge in [0.25, 0.3) is 5.91 Å².